The van der Waals surface area contributed by atoms with Gasteiger partial charge in [-0.2, -0.15) is 13.2 Å². The standard InChI is InChI=1S/C15H15F3N4/c16-15(17,18)12-4-2-1-3-11(12)13-7-10(8-14(19)21-13)22-6-5-20-9-22/h1-4,7-8,20H,5-6,9H2,(H2,19,21). The van der Waals surface area contributed by atoms with Crippen LogP contribution in [-0.2, 0) is 6.18 Å². The van der Waals surface area contributed by atoms with Crippen LogP contribution in [0, 0.1) is 0 Å². The second-order valence-electron chi connectivity index (χ2n) is 5.10. The summed E-state index contributed by atoms with van der Waals surface area (Å²) < 4.78 is 39.5. The van der Waals surface area contributed by atoms with E-state index in [1.807, 2.05) is 4.90 Å². The average Bonchev–Trinajstić information content (AvgIpc) is 3.00. The Bertz CT molecular complexity index is 679. The highest BCUT2D eigenvalue weighted by Gasteiger charge is 2.33. The summed E-state index contributed by atoms with van der Waals surface area (Å²) in [5.41, 5.74) is 6.11. The van der Waals surface area contributed by atoms with E-state index in [2.05, 4.69) is 10.3 Å². The van der Waals surface area contributed by atoms with Crippen molar-refractivity contribution in [3.05, 3.63) is 42.0 Å². The molecule has 0 spiro atoms. The van der Waals surface area contributed by atoms with E-state index in [9.17, 15) is 13.2 Å². The molecule has 1 aromatic heterocycles. The maximum absolute atomic E-state index is 13.2. The number of hydrogen-bond acceptors (Lipinski definition) is 4. The molecule has 22 heavy (non-hydrogen) atoms. The summed E-state index contributed by atoms with van der Waals surface area (Å²) >= 11 is 0. The molecule has 0 atom stereocenters. The summed E-state index contributed by atoms with van der Waals surface area (Å²) in [6.45, 7) is 2.25. The number of pyridine rings is 1. The number of aromatic nitrogens is 1. The topological polar surface area (TPSA) is 54.2 Å². The van der Waals surface area contributed by atoms with Gasteiger partial charge < -0.3 is 10.6 Å². The van der Waals surface area contributed by atoms with Crippen LogP contribution in [0.15, 0.2) is 36.4 Å². The lowest BCUT2D eigenvalue weighted by Crippen LogP contribution is -2.21. The number of rotatable bonds is 2. The zero-order chi connectivity index (χ0) is 15.7. The Morgan fingerprint density at radius 1 is 1.18 bits per heavy atom. The molecule has 0 radical (unpaired) electrons. The van der Waals surface area contributed by atoms with E-state index in [0.717, 1.165) is 24.8 Å². The van der Waals surface area contributed by atoms with Gasteiger partial charge in [-0.25, -0.2) is 4.98 Å². The molecule has 3 N–H and O–H groups in total. The van der Waals surface area contributed by atoms with Crippen LogP contribution in [0.25, 0.3) is 11.3 Å². The third kappa shape index (κ3) is 2.85. The molecular weight excluding hydrogens is 293 g/mol. The van der Waals surface area contributed by atoms with E-state index in [-0.39, 0.29) is 17.1 Å². The fourth-order valence-electron chi connectivity index (χ4n) is 2.54. The molecule has 0 amide bonds. The van der Waals surface area contributed by atoms with Gasteiger partial charge in [-0.05, 0) is 12.1 Å². The first-order chi connectivity index (χ1) is 10.4. The summed E-state index contributed by atoms with van der Waals surface area (Å²) in [5, 5.41) is 3.17. The van der Waals surface area contributed by atoms with Gasteiger partial charge in [-0.15, -0.1) is 0 Å². The van der Waals surface area contributed by atoms with E-state index < -0.39 is 11.7 Å². The lowest BCUT2D eigenvalue weighted by molar-refractivity contribution is -0.137. The Balaban J connectivity index is 2.09. The van der Waals surface area contributed by atoms with Gasteiger partial charge >= 0.3 is 6.18 Å². The van der Waals surface area contributed by atoms with Crippen molar-refractivity contribution >= 4 is 11.5 Å². The molecule has 1 aliphatic heterocycles. The zero-order valence-electron chi connectivity index (χ0n) is 11.7. The monoisotopic (exact) mass is 308 g/mol. The van der Waals surface area contributed by atoms with Crippen molar-refractivity contribution in [2.75, 3.05) is 30.4 Å². The number of nitrogens with two attached hydrogens (primary N) is 1. The Kier molecular flexibility index (Phi) is 3.66. The first kappa shape index (κ1) is 14.6. The lowest BCUT2D eigenvalue weighted by Gasteiger charge is -2.19. The molecule has 1 saturated heterocycles. The maximum Gasteiger partial charge on any atom is 0.417 e. The molecule has 0 aliphatic carbocycles. The Morgan fingerprint density at radius 3 is 2.64 bits per heavy atom. The van der Waals surface area contributed by atoms with Gasteiger partial charge in [0.05, 0.1) is 17.9 Å². The molecule has 1 fully saturated rings. The van der Waals surface area contributed by atoms with Crippen LogP contribution in [0.3, 0.4) is 0 Å². The minimum Gasteiger partial charge on any atom is -0.384 e. The summed E-state index contributed by atoms with van der Waals surface area (Å²) in [6, 6.07) is 8.71. The Morgan fingerprint density at radius 2 is 1.95 bits per heavy atom. The molecule has 0 saturated carbocycles. The van der Waals surface area contributed by atoms with Gasteiger partial charge in [0, 0.05) is 30.4 Å². The normalized spacial score (nSPS) is 15.3. The van der Waals surface area contributed by atoms with E-state index >= 15 is 0 Å². The van der Waals surface area contributed by atoms with Crippen molar-refractivity contribution in [1.29, 1.82) is 0 Å². The van der Waals surface area contributed by atoms with Crippen LogP contribution in [0.5, 0.6) is 0 Å². The predicted molar refractivity (Wildman–Crippen MR) is 79.3 cm³/mol. The Labute approximate surface area is 125 Å². The molecule has 7 heteroatoms. The lowest BCUT2D eigenvalue weighted by atomic mass is 10.0. The minimum absolute atomic E-state index is 0.0377. The van der Waals surface area contributed by atoms with Crippen molar-refractivity contribution in [3.8, 4) is 11.3 Å². The van der Waals surface area contributed by atoms with Crippen LogP contribution in [0.4, 0.5) is 24.7 Å². The van der Waals surface area contributed by atoms with Gasteiger partial charge in [0.15, 0.2) is 0 Å². The van der Waals surface area contributed by atoms with E-state index in [1.54, 1.807) is 18.2 Å². The minimum atomic E-state index is -4.43. The van der Waals surface area contributed by atoms with Gasteiger partial charge in [0.1, 0.15) is 5.82 Å². The van der Waals surface area contributed by atoms with Crippen molar-refractivity contribution < 1.29 is 13.2 Å². The first-order valence-corrected chi connectivity index (χ1v) is 6.85. The molecule has 0 bridgehead atoms. The molecule has 3 rings (SSSR count). The molecular formula is C15H15F3N4. The van der Waals surface area contributed by atoms with Crippen LogP contribution < -0.4 is 16.0 Å². The third-order valence-electron chi connectivity index (χ3n) is 3.56. The number of hydrogen-bond donors (Lipinski definition) is 2. The molecule has 116 valence electrons. The summed E-state index contributed by atoms with van der Waals surface area (Å²) in [5.74, 6) is 0.205. The van der Waals surface area contributed by atoms with E-state index in [1.165, 1.54) is 12.1 Å². The van der Waals surface area contributed by atoms with Crippen molar-refractivity contribution in [2.45, 2.75) is 6.18 Å². The molecule has 0 unspecified atom stereocenters. The average molecular weight is 308 g/mol. The van der Waals surface area contributed by atoms with Gasteiger partial charge in [0.2, 0.25) is 0 Å². The number of alkyl halides is 3. The predicted octanol–water partition coefficient (Wildman–Crippen LogP) is 2.72. The smallest absolute Gasteiger partial charge is 0.384 e. The quantitative estimate of drug-likeness (QED) is 0.896. The fourth-order valence-corrected chi connectivity index (χ4v) is 2.54. The van der Waals surface area contributed by atoms with E-state index in [0.29, 0.717) is 6.67 Å². The van der Waals surface area contributed by atoms with Crippen LogP contribution in [0.1, 0.15) is 5.56 Å². The highest BCUT2D eigenvalue weighted by atomic mass is 19.4. The van der Waals surface area contributed by atoms with Crippen LogP contribution >= 0.6 is 0 Å². The molecule has 1 aliphatic rings. The largest absolute Gasteiger partial charge is 0.417 e. The van der Waals surface area contributed by atoms with Crippen molar-refractivity contribution in [2.24, 2.45) is 0 Å². The fraction of sp³-hybridized carbons (Fsp3) is 0.267. The van der Waals surface area contributed by atoms with E-state index in [4.69, 9.17) is 5.73 Å². The third-order valence-corrected chi connectivity index (χ3v) is 3.56. The number of nitrogen functional groups attached to an aromatic ring is 1. The summed E-state index contributed by atoms with van der Waals surface area (Å²) in [4.78, 5) is 6.09. The first-order valence-electron chi connectivity index (χ1n) is 6.85. The summed E-state index contributed by atoms with van der Waals surface area (Å²) in [6.07, 6.45) is -4.43. The van der Waals surface area contributed by atoms with Gasteiger partial charge in [-0.1, -0.05) is 18.2 Å². The highest BCUT2D eigenvalue weighted by molar-refractivity contribution is 5.71. The number of halogens is 3. The van der Waals surface area contributed by atoms with Crippen molar-refractivity contribution in [1.82, 2.24) is 10.3 Å². The number of anilines is 2. The highest BCUT2D eigenvalue weighted by Crippen LogP contribution is 2.37. The molecule has 1 aromatic carbocycles. The van der Waals surface area contributed by atoms with Gasteiger partial charge in [-0.3, -0.25) is 5.32 Å². The number of benzene rings is 1. The Hall–Kier alpha value is -2.28. The number of nitrogens with zero attached hydrogens (tertiary/aromatic N) is 2. The van der Waals surface area contributed by atoms with Crippen LogP contribution in [0.2, 0.25) is 0 Å². The van der Waals surface area contributed by atoms with Gasteiger partial charge in [0.25, 0.3) is 0 Å². The molecule has 2 aromatic rings. The maximum atomic E-state index is 13.2. The molecule has 4 nitrogen and oxygen atoms in total. The van der Waals surface area contributed by atoms with Crippen molar-refractivity contribution in [3.63, 3.8) is 0 Å². The second kappa shape index (κ2) is 5.49. The van der Waals surface area contributed by atoms with Crippen LogP contribution in [-0.4, -0.2) is 24.7 Å². The zero-order valence-corrected chi connectivity index (χ0v) is 11.7. The second-order valence-corrected chi connectivity index (χ2v) is 5.10. The summed E-state index contributed by atoms with van der Waals surface area (Å²) in [7, 11) is 0. The molecule has 2 heterocycles. The SMILES string of the molecule is Nc1cc(N2CCNC2)cc(-c2ccccc2C(F)(F)F)n1. The number of nitrogens with one attached hydrogen (secondary N) is 1.